The van der Waals surface area contributed by atoms with Gasteiger partial charge in [0.05, 0.1) is 11.4 Å². The number of benzene rings is 7. The molecule has 14 rings (SSSR count). The quantitative estimate of drug-likeness (QED) is 0.173. The molecule has 0 unspecified atom stereocenters. The van der Waals surface area contributed by atoms with Crippen LogP contribution >= 0.6 is 11.3 Å². The van der Waals surface area contributed by atoms with Gasteiger partial charge in [-0.2, -0.15) is 0 Å². The largest absolute Gasteiger partial charge is 0.309 e. The van der Waals surface area contributed by atoms with E-state index in [9.17, 15) is 0 Å². The fraction of sp³-hybridized carbons (Fsp3) is 0.236. The minimum atomic E-state index is -0.130. The van der Waals surface area contributed by atoms with Gasteiger partial charge < -0.3 is 4.90 Å². The van der Waals surface area contributed by atoms with Crippen molar-refractivity contribution in [2.75, 3.05) is 4.90 Å². The molecule has 6 aliphatic carbocycles. The summed E-state index contributed by atoms with van der Waals surface area (Å²) in [4.78, 5) is 2.65. The fourth-order valence-electron chi connectivity index (χ4n) is 13.6. The van der Waals surface area contributed by atoms with Gasteiger partial charge in [0.1, 0.15) is 0 Å². The van der Waals surface area contributed by atoms with Crippen LogP contribution < -0.4 is 4.90 Å². The highest BCUT2D eigenvalue weighted by atomic mass is 32.1. The van der Waals surface area contributed by atoms with E-state index in [1.165, 1.54) is 114 Å². The van der Waals surface area contributed by atoms with Gasteiger partial charge in [0.2, 0.25) is 0 Å². The summed E-state index contributed by atoms with van der Waals surface area (Å²) in [5.41, 5.74) is 18.0. The van der Waals surface area contributed by atoms with Crippen molar-refractivity contribution >= 4 is 48.6 Å². The molecule has 0 N–H and O–H groups in total. The lowest BCUT2D eigenvalue weighted by Gasteiger charge is -2.61. The molecule has 0 saturated heterocycles. The van der Waals surface area contributed by atoms with Crippen molar-refractivity contribution in [1.29, 1.82) is 0 Å². The number of nitrogens with zero attached hydrogens (tertiary/aromatic N) is 1. The molecule has 7 aromatic carbocycles. The maximum atomic E-state index is 2.68. The van der Waals surface area contributed by atoms with E-state index in [-0.39, 0.29) is 10.8 Å². The summed E-state index contributed by atoms with van der Waals surface area (Å²) >= 11 is 1.91. The Labute approximate surface area is 339 Å². The van der Waals surface area contributed by atoms with E-state index in [4.69, 9.17) is 0 Å². The third-order valence-corrected chi connectivity index (χ3v) is 16.6. The van der Waals surface area contributed by atoms with Gasteiger partial charge in [-0.15, -0.1) is 11.3 Å². The molecule has 1 spiro atoms. The molecular weight excluding hydrogens is 707 g/mol. The molecule has 8 aromatic rings. The molecule has 2 heteroatoms. The van der Waals surface area contributed by atoms with Gasteiger partial charge in [0.25, 0.3) is 0 Å². The van der Waals surface area contributed by atoms with Crippen LogP contribution in [0.5, 0.6) is 0 Å². The van der Waals surface area contributed by atoms with Crippen LogP contribution in [0.4, 0.5) is 17.1 Å². The molecule has 1 nitrogen and oxygen atoms in total. The van der Waals surface area contributed by atoms with E-state index in [0.717, 1.165) is 11.8 Å². The second kappa shape index (κ2) is 11.6. The molecule has 0 radical (unpaired) electrons. The van der Waals surface area contributed by atoms with Gasteiger partial charge in [-0.1, -0.05) is 129 Å². The lowest BCUT2D eigenvalue weighted by molar-refractivity contribution is -0.0399. The Morgan fingerprint density at radius 1 is 0.474 bits per heavy atom. The van der Waals surface area contributed by atoms with Crippen molar-refractivity contribution in [2.45, 2.75) is 56.8 Å². The van der Waals surface area contributed by atoms with Crippen molar-refractivity contribution in [3.8, 4) is 33.4 Å². The highest BCUT2D eigenvalue weighted by Gasteiger charge is 2.61. The Hall–Kier alpha value is -5.44. The zero-order valence-corrected chi connectivity index (χ0v) is 33.5. The molecule has 4 fully saturated rings. The number of hydrogen-bond donors (Lipinski definition) is 0. The first-order valence-electron chi connectivity index (χ1n) is 21.3. The van der Waals surface area contributed by atoms with E-state index < -0.39 is 0 Å². The van der Waals surface area contributed by atoms with Crippen molar-refractivity contribution in [3.05, 3.63) is 174 Å². The third kappa shape index (κ3) is 4.25. The highest BCUT2D eigenvalue weighted by molar-refractivity contribution is 7.26. The second-order valence-electron chi connectivity index (χ2n) is 18.4. The molecular formula is C55H45NS. The summed E-state index contributed by atoms with van der Waals surface area (Å²) in [6.45, 7) is 4.84. The molecule has 0 atom stereocenters. The smallest absolute Gasteiger partial charge is 0.0555 e. The number of anilines is 3. The van der Waals surface area contributed by atoms with Crippen LogP contribution in [-0.2, 0) is 10.8 Å². The molecule has 6 aliphatic rings. The Kier molecular flexibility index (Phi) is 6.63. The Bertz CT molecular complexity index is 2950. The first-order chi connectivity index (χ1) is 28.0. The van der Waals surface area contributed by atoms with Gasteiger partial charge in [-0.25, -0.2) is 0 Å². The zero-order valence-electron chi connectivity index (χ0n) is 32.6. The van der Waals surface area contributed by atoms with Crippen LogP contribution in [0.15, 0.2) is 152 Å². The van der Waals surface area contributed by atoms with Crippen molar-refractivity contribution in [2.24, 2.45) is 23.7 Å². The molecule has 57 heavy (non-hydrogen) atoms. The lowest BCUT2D eigenvalue weighted by atomic mass is 9.43. The molecule has 1 aromatic heterocycles. The van der Waals surface area contributed by atoms with E-state index in [2.05, 4.69) is 170 Å². The summed E-state index contributed by atoms with van der Waals surface area (Å²) < 4.78 is 2.67. The first-order valence-corrected chi connectivity index (χ1v) is 22.1. The minimum absolute atomic E-state index is 0.0949. The monoisotopic (exact) mass is 751 g/mol. The topological polar surface area (TPSA) is 3.24 Å². The number of hydrogen-bond acceptors (Lipinski definition) is 2. The van der Waals surface area contributed by atoms with Gasteiger partial charge in [0.15, 0.2) is 0 Å². The number of thiophene rings is 1. The molecule has 4 saturated carbocycles. The standard InChI is InChI=1S/C55H45NS/c1-54(2)45-19-7-3-14-39(45)42-17-11-18-43(53(42)54)41-15-5-9-21-48(41)56(49-22-12-24-51-52(49)44-16-6-10-23-50(44)57-51)37-25-26-40-38-13-4-8-20-46(38)55(47(40)32-37)35-28-33-27-34(30-35)31-36(55)29-33/h3-26,32-36H,27-31H2,1-2H3. The van der Waals surface area contributed by atoms with Crippen LogP contribution in [0.25, 0.3) is 53.6 Å². The number of rotatable bonds is 4. The van der Waals surface area contributed by atoms with Crippen molar-refractivity contribution in [3.63, 3.8) is 0 Å². The van der Waals surface area contributed by atoms with Crippen molar-refractivity contribution in [1.82, 2.24) is 0 Å². The number of fused-ring (bicyclic) bond motifs is 9. The summed E-state index contributed by atoms with van der Waals surface area (Å²) in [5.74, 6) is 3.25. The minimum Gasteiger partial charge on any atom is -0.309 e. The molecule has 0 aliphatic heterocycles. The summed E-state index contributed by atoms with van der Waals surface area (Å²) in [6.07, 6.45) is 7.00. The maximum Gasteiger partial charge on any atom is 0.0555 e. The van der Waals surface area contributed by atoms with Gasteiger partial charge >= 0.3 is 0 Å². The Morgan fingerprint density at radius 2 is 1.04 bits per heavy atom. The normalized spacial score (nSPS) is 24.2. The summed E-state index contributed by atoms with van der Waals surface area (Å²) in [6, 6.07) is 58.5. The van der Waals surface area contributed by atoms with Gasteiger partial charge in [-0.05, 0) is 142 Å². The Balaban J connectivity index is 1.09. The maximum absolute atomic E-state index is 2.68. The molecule has 276 valence electrons. The fourth-order valence-corrected chi connectivity index (χ4v) is 14.7. The average molecular weight is 752 g/mol. The molecule has 0 amide bonds. The second-order valence-corrected chi connectivity index (χ2v) is 19.5. The highest BCUT2D eigenvalue weighted by Crippen LogP contribution is 2.70. The lowest BCUT2D eigenvalue weighted by Crippen LogP contribution is -2.55. The van der Waals surface area contributed by atoms with Gasteiger partial charge in [-0.3, -0.25) is 0 Å². The number of para-hydroxylation sites is 1. The Morgan fingerprint density at radius 3 is 1.82 bits per heavy atom. The van der Waals surface area contributed by atoms with Gasteiger partial charge in [0, 0.05) is 42.3 Å². The van der Waals surface area contributed by atoms with Crippen LogP contribution in [0, 0.1) is 23.7 Å². The SMILES string of the molecule is CC1(C)c2ccccc2-c2cccc(-c3ccccc3N(c3ccc4c(c3)C3(c5ccccc5-4)C4CC5CC(C4)CC3C5)c3cccc4sc5ccccc5c34)c21. The summed E-state index contributed by atoms with van der Waals surface area (Å²) in [5, 5.41) is 2.67. The summed E-state index contributed by atoms with van der Waals surface area (Å²) in [7, 11) is 0. The predicted molar refractivity (Wildman–Crippen MR) is 240 cm³/mol. The van der Waals surface area contributed by atoms with Crippen LogP contribution in [0.1, 0.15) is 68.2 Å². The third-order valence-electron chi connectivity index (χ3n) is 15.4. The van der Waals surface area contributed by atoms with E-state index in [1.807, 2.05) is 11.3 Å². The van der Waals surface area contributed by atoms with Crippen LogP contribution in [0.2, 0.25) is 0 Å². The molecule has 1 heterocycles. The van der Waals surface area contributed by atoms with E-state index in [0.29, 0.717) is 11.8 Å². The van der Waals surface area contributed by atoms with E-state index in [1.54, 1.807) is 11.1 Å². The average Bonchev–Trinajstić information content (AvgIpc) is 3.84. The predicted octanol–water partition coefficient (Wildman–Crippen LogP) is 15.2. The molecule has 4 bridgehead atoms. The van der Waals surface area contributed by atoms with Crippen molar-refractivity contribution < 1.29 is 0 Å². The van der Waals surface area contributed by atoms with Crippen LogP contribution in [0.3, 0.4) is 0 Å². The van der Waals surface area contributed by atoms with Crippen LogP contribution in [-0.4, -0.2) is 0 Å². The first kappa shape index (κ1) is 32.6. The van der Waals surface area contributed by atoms with E-state index >= 15 is 0 Å². The zero-order chi connectivity index (χ0) is 37.6.